The molecule has 8 nitrogen and oxygen atoms in total. The molecular formula is C15H14N4O4S3. The summed E-state index contributed by atoms with van der Waals surface area (Å²) in [7, 11) is -7.74. The Balaban J connectivity index is 1.82. The number of benzene rings is 1. The zero-order valence-corrected chi connectivity index (χ0v) is 15.7. The minimum Gasteiger partial charge on any atom is -0.256 e. The van der Waals surface area contributed by atoms with Gasteiger partial charge in [0.2, 0.25) is 20.0 Å². The van der Waals surface area contributed by atoms with E-state index in [-0.39, 0.29) is 16.3 Å². The first-order valence-electron chi connectivity index (χ1n) is 7.22. The minimum atomic E-state index is -3.88. The van der Waals surface area contributed by atoms with Crippen molar-refractivity contribution in [2.24, 2.45) is 5.14 Å². The van der Waals surface area contributed by atoms with E-state index in [4.69, 9.17) is 5.14 Å². The molecule has 2 aromatic heterocycles. The number of hydrogen-bond acceptors (Lipinski definition) is 7. The molecular weight excluding hydrogens is 396 g/mol. The maximum absolute atomic E-state index is 12.4. The molecule has 0 atom stereocenters. The van der Waals surface area contributed by atoms with Crippen LogP contribution in [0.2, 0.25) is 0 Å². The van der Waals surface area contributed by atoms with E-state index < -0.39 is 20.0 Å². The molecule has 3 N–H and O–H groups in total. The molecule has 136 valence electrons. The average molecular weight is 411 g/mol. The van der Waals surface area contributed by atoms with Crippen LogP contribution in [-0.2, 0) is 26.6 Å². The Bertz CT molecular complexity index is 1110. The van der Waals surface area contributed by atoms with Gasteiger partial charge in [0.05, 0.1) is 27.7 Å². The lowest BCUT2D eigenvalue weighted by Crippen LogP contribution is -2.24. The standard InChI is InChI=1S/C15H14N4O4S3/c16-25(20,21)12-1-3-13(4-2-12)26(22,23)19-9-14-15(18-7-6-17-14)11-5-8-24-10-11/h1-8,10,19H,9H2,(H2,16,20,21). The Morgan fingerprint density at radius 3 is 2.23 bits per heavy atom. The number of thiophene rings is 1. The van der Waals surface area contributed by atoms with Crippen molar-refractivity contribution in [3.8, 4) is 11.3 Å². The van der Waals surface area contributed by atoms with E-state index in [0.29, 0.717) is 11.4 Å². The van der Waals surface area contributed by atoms with Gasteiger partial charge in [-0.25, -0.2) is 26.7 Å². The summed E-state index contributed by atoms with van der Waals surface area (Å²) in [5.74, 6) is 0. The van der Waals surface area contributed by atoms with Crippen molar-refractivity contribution in [3.63, 3.8) is 0 Å². The highest BCUT2D eigenvalue weighted by Crippen LogP contribution is 2.22. The predicted octanol–water partition coefficient (Wildman–Crippen LogP) is 1.33. The van der Waals surface area contributed by atoms with Crippen molar-refractivity contribution in [2.75, 3.05) is 0 Å². The Labute approximate surface area is 154 Å². The summed E-state index contributed by atoms with van der Waals surface area (Å²) in [4.78, 5) is 8.22. The molecule has 0 bridgehead atoms. The lowest BCUT2D eigenvalue weighted by molar-refractivity contribution is 0.579. The summed E-state index contributed by atoms with van der Waals surface area (Å²) in [6.07, 6.45) is 3.03. The molecule has 0 saturated heterocycles. The quantitative estimate of drug-likeness (QED) is 0.630. The van der Waals surface area contributed by atoms with Gasteiger partial charge in [-0.3, -0.25) is 9.97 Å². The number of nitrogens with zero attached hydrogens (tertiary/aromatic N) is 2. The maximum Gasteiger partial charge on any atom is 0.240 e. The summed E-state index contributed by atoms with van der Waals surface area (Å²) in [5.41, 5.74) is 1.94. The summed E-state index contributed by atoms with van der Waals surface area (Å²) in [6.45, 7) is -0.0572. The minimum absolute atomic E-state index is 0.0572. The van der Waals surface area contributed by atoms with Gasteiger partial charge < -0.3 is 0 Å². The van der Waals surface area contributed by atoms with Gasteiger partial charge >= 0.3 is 0 Å². The number of rotatable bonds is 6. The summed E-state index contributed by atoms with van der Waals surface area (Å²) in [5, 5.41) is 8.80. The van der Waals surface area contributed by atoms with E-state index in [9.17, 15) is 16.8 Å². The van der Waals surface area contributed by atoms with Gasteiger partial charge in [0.1, 0.15) is 0 Å². The topological polar surface area (TPSA) is 132 Å². The normalized spacial score (nSPS) is 12.2. The molecule has 0 fully saturated rings. The third kappa shape index (κ3) is 4.14. The average Bonchev–Trinajstić information content (AvgIpc) is 3.14. The Kier molecular flexibility index (Phi) is 5.16. The second-order valence-corrected chi connectivity index (χ2v) is 9.31. The molecule has 0 radical (unpaired) electrons. The summed E-state index contributed by atoms with van der Waals surface area (Å²) < 4.78 is 49.8. The van der Waals surface area contributed by atoms with Crippen molar-refractivity contribution in [1.82, 2.24) is 14.7 Å². The number of aromatic nitrogens is 2. The zero-order valence-electron chi connectivity index (χ0n) is 13.2. The first kappa shape index (κ1) is 18.6. The molecule has 26 heavy (non-hydrogen) atoms. The second kappa shape index (κ2) is 7.21. The Morgan fingerprint density at radius 2 is 1.62 bits per heavy atom. The van der Waals surface area contributed by atoms with Crippen LogP contribution < -0.4 is 9.86 Å². The first-order valence-corrected chi connectivity index (χ1v) is 11.2. The number of primary sulfonamides is 1. The van der Waals surface area contributed by atoms with Gasteiger partial charge in [-0.2, -0.15) is 11.3 Å². The number of sulfonamides is 2. The van der Waals surface area contributed by atoms with Crippen LogP contribution in [0.1, 0.15) is 5.69 Å². The second-order valence-electron chi connectivity index (χ2n) is 5.20. The molecule has 0 aliphatic rings. The van der Waals surface area contributed by atoms with Gasteiger partial charge in [0.25, 0.3) is 0 Å². The predicted molar refractivity (Wildman–Crippen MR) is 97.2 cm³/mol. The number of nitrogens with two attached hydrogens (primary N) is 1. The lowest BCUT2D eigenvalue weighted by atomic mass is 10.2. The highest BCUT2D eigenvalue weighted by Gasteiger charge is 2.17. The summed E-state index contributed by atoms with van der Waals surface area (Å²) >= 11 is 1.50. The molecule has 3 rings (SSSR count). The lowest BCUT2D eigenvalue weighted by Gasteiger charge is -2.09. The number of nitrogens with one attached hydrogen (secondary N) is 1. The third-order valence-electron chi connectivity index (χ3n) is 3.46. The molecule has 1 aromatic carbocycles. The molecule has 0 aliphatic heterocycles. The van der Waals surface area contributed by atoms with E-state index >= 15 is 0 Å². The van der Waals surface area contributed by atoms with Crippen LogP contribution in [0, 0.1) is 0 Å². The fraction of sp³-hybridized carbons (Fsp3) is 0.0667. The largest absolute Gasteiger partial charge is 0.256 e. The monoisotopic (exact) mass is 410 g/mol. The van der Waals surface area contributed by atoms with Gasteiger partial charge in [0, 0.05) is 23.3 Å². The zero-order chi connectivity index (χ0) is 18.8. The van der Waals surface area contributed by atoms with Crippen LogP contribution in [-0.4, -0.2) is 26.8 Å². The van der Waals surface area contributed by atoms with E-state index in [1.54, 1.807) is 0 Å². The highest BCUT2D eigenvalue weighted by molar-refractivity contribution is 7.89. The van der Waals surface area contributed by atoms with Gasteiger partial charge in [0.15, 0.2) is 0 Å². The van der Waals surface area contributed by atoms with E-state index in [1.807, 2.05) is 16.8 Å². The van der Waals surface area contributed by atoms with Gasteiger partial charge in [-0.05, 0) is 35.7 Å². The molecule has 0 aliphatic carbocycles. The van der Waals surface area contributed by atoms with Crippen molar-refractivity contribution < 1.29 is 16.8 Å². The first-order chi connectivity index (χ1) is 12.3. The Hall–Kier alpha value is -2.18. The third-order valence-corrected chi connectivity index (χ3v) is 6.49. The molecule has 3 aromatic rings. The smallest absolute Gasteiger partial charge is 0.240 e. The van der Waals surface area contributed by atoms with Gasteiger partial charge in [-0.1, -0.05) is 0 Å². The van der Waals surface area contributed by atoms with Crippen LogP contribution in [0.15, 0.2) is 63.3 Å². The van der Waals surface area contributed by atoms with Crippen LogP contribution in [0.5, 0.6) is 0 Å². The van der Waals surface area contributed by atoms with Crippen LogP contribution in [0.4, 0.5) is 0 Å². The van der Waals surface area contributed by atoms with Crippen LogP contribution in [0.3, 0.4) is 0 Å². The summed E-state index contributed by atoms with van der Waals surface area (Å²) in [6, 6.07) is 6.52. The van der Waals surface area contributed by atoms with E-state index in [2.05, 4.69) is 14.7 Å². The highest BCUT2D eigenvalue weighted by atomic mass is 32.2. The van der Waals surface area contributed by atoms with E-state index in [0.717, 1.165) is 17.7 Å². The maximum atomic E-state index is 12.4. The van der Waals surface area contributed by atoms with Gasteiger partial charge in [-0.15, -0.1) is 0 Å². The Morgan fingerprint density at radius 1 is 0.962 bits per heavy atom. The molecule has 11 heteroatoms. The molecule has 0 amide bonds. The van der Waals surface area contributed by atoms with Crippen molar-refractivity contribution in [2.45, 2.75) is 16.3 Å². The van der Waals surface area contributed by atoms with Crippen molar-refractivity contribution in [1.29, 1.82) is 0 Å². The molecule has 0 saturated carbocycles. The molecule has 0 unspecified atom stereocenters. The van der Waals surface area contributed by atoms with Crippen LogP contribution >= 0.6 is 11.3 Å². The fourth-order valence-corrected chi connectivity index (χ4v) is 4.34. The molecule has 0 spiro atoms. The van der Waals surface area contributed by atoms with Crippen molar-refractivity contribution >= 4 is 31.4 Å². The fourth-order valence-electron chi connectivity index (χ4n) is 2.19. The van der Waals surface area contributed by atoms with Crippen LogP contribution in [0.25, 0.3) is 11.3 Å². The number of hydrogen-bond donors (Lipinski definition) is 2. The SMILES string of the molecule is NS(=O)(=O)c1ccc(S(=O)(=O)NCc2nccnc2-c2ccsc2)cc1. The van der Waals surface area contributed by atoms with E-state index in [1.165, 1.54) is 35.9 Å². The molecule has 2 heterocycles. The van der Waals surface area contributed by atoms with Crippen molar-refractivity contribution in [3.05, 3.63) is 59.2 Å².